The van der Waals surface area contributed by atoms with E-state index in [4.69, 9.17) is 4.74 Å². The summed E-state index contributed by atoms with van der Waals surface area (Å²) in [6.07, 6.45) is 1.78. The van der Waals surface area contributed by atoms with Crippen LogP contribution in [0.25, 0.3) is 0 Å². The lowest BCUT2D eigenvalue weighted by Gasteiger charge is -2.10. The highest BCUT2D eigenvalue weighted by molar-refractivity contribution is 9.10. The van der Waals surface area contributed by atoms with E-state index < -0.39 is 0 Å². The van der Waals surface area contributed by atoms with Gasteiger partial charge in [-0.15, -0.1) is 0 Å². The van der Waals surface area contributed by atoms with E-state index in [9.17, 15) is 0 Å². The number of hydrogen-bond donors (Lipinski definition) is 1. The van der Waals surface area contributed by atoms with E-state index in [0.29, 0.717) is 12.6 Å². The molecule has 1 N–H and O–H groups in total. The average Bonchev–Trinajstić information content (AvgIpc) is 2.45. The first-order valence-electron chi connectivity index (χ1n) is 6.69. The molecule has 106 valence electrons. The highest BCUT2D eigenvalue weighted by Crippen LogP contribution is 2.19. The van der Waals surface area contributed by atoms with Gasteiger partial charge >= 0.3 is 0 Å². The molecule has 2 rings (SSSR count). The second-order valence-electron chi connectivity index (χ2n) is 4.90. The molecule has 1 aromatic carbocycles. The van der Waals surface area contributed by atoms with Crippen molar-refractivity contribution in [3.8, 4) is 5.75 Å². The average molecular weight is 335 g/mol. The van der Waals surface area contributed by atoms with E-state index in [1.807, 2.05) is 36.4 Å². The number of nitrogens with one attached hydrogen (secondary N) is 1. The van der Waals surface area contributed by atoms with Gasteiger partial charge in [-0.25, -0.2) is 0 Å². The zero-order chi connectivity index (χ0) is 14.4. The van der Waals surface area contributed by atoms with Crippen LogP contribution in [0.5, 0.6) is 5.75 Å². The summed E-state index contributed by atoms with van der Waals surface area (Å²) in [5, 5.41) is 3.35. The SMILES string of the molecule is CC(C)NCc1cc(OCc2ccccc2Br)ccn1. The van der Waals surface area contributed by atoms with E-state index in [2.05, 4.69) is 40.1 Å². The molecule has 0 saturated heterocycles. The van der Waals surface area contributed by atoms with Crippen LogP contribution in [-0.4, -0.2) is 11.0 Å². The Labute approximate surface area is 128 Å². The van der Waals surface area contributed by atoms with Crippen LogP contribution in [0.3, 0.4) is 0 Å². The molecule has 0 amide bonds. The zero-order valence-corrected chi connectivity index (χ0v) is 13.4. The Morgan fingerprint density at radius 1 is 1.25 bits per heavy atom. The monoisotopic (exact) mass is 334 g/mol. The number of pyridine rings is 1. The highest BCUT2D eigenvalue weighted by atomic mass is 79.9. The zero-order valence-electron chi connectivity index (χ0n) is 11.8. The third-order valence-electron chi connectivity index (χ3n) is 2.83. The summed E-state index contributed by atoms with van der Waals surface area (Å²) in [6.45, 7) is 5.53. The molecule has 0 radical (unpaired) electrons. The summed E-state index contributed by atoms with van der Waals surface area (Å²) < 4.78 is 6.89. The number of nitrogens with zero attached hydrogens (tertiary/aromatic N) is 1. The van der Waals surface area contributed by atoms with Crippen LogP contribution in [-0.2, 0) is 13.2 Å². The van der Waals surface area contributed by atoms with E-state index >= 15 is 0 Å². The topological polar surface area (TPSA) is 34.1 Å². The molecule has 0 aliphatic carbocycles. The number of rotatable bonds is 6. The molecule has 1 heterocycles. The molecule has 0 aliphatic heterocycles. The molecule has 0 atom stereocenters. The van der Waals surface area contributed by atoms with Gasteiger partial charge in [0.25, 0.3) is 0 Å². The Hall–Kier alpha value is -1.39. The normalized spacial score (nSPS) is 10.8. The van der Waals surface area contributed by atoms with Gasteiger partial charge in [0.2, 0.25) is 0 Å². The molecule has 0 saturated carbocycles. The fraction of sp³-hybridized carbons (Fsp3) is 0.312. The molecular formula is C16H19BrN2O. The highest BCUT2D eigenvalue weighted by Gasteiger charge is 2.02. The van der Waals surface area contributed by atoms with Crippen molar-refractivity contribution < 1.29 is 4.74 Å². The van der Waals surface area contributed by atoms with Crippen molar-refractivity contribution in [2.45, 2.75) is 33.0 Å². The molecule has 20 heavy (non-hydrogen) atoms. The van der Waals surface area contributed by atoms with E-state index in [-0.39, 0.29) is 0 Å². The van der Waals surface area contributed by atoms with Crippen molar-refractivity contribution in [3.63, 3.8) is 0 Å². The first kappa shape index (κ1) is 15.0. The molecule has 3 nitrogen and oxygen atoms in total. The number of aromatic nitrogens is 1. The second-order valence-corrected chi connectivity index (χ2v) is 5.75. The Bertz CT molecular complexity index is 558. The summed E-state index contributed by atoms with van der Waals surface area (Å²) in [6, 6.07) is 12.4. The second kappa shape index (κ2) is 7.41. The summed E-state index contributed by atoms with van der Waals surface area (Å²) in [7, 11) is 0. The van der Waals surface area contributed by atoms with Crippen LogP contribution in [0.4, 0.5) is 0 Å². The third kappa shape index (κ3) is 4.62. The number of benzene rings is 1. The maximum Gasteiger partial charge on any atom is 0.123 e. The number of hydrogen-bond acceptors (Lipinski definition) is 3. The predicted molar refractivity (Wildman–Crippen MR) is 84.7 cm³/mol. The van der Waals surface area contributed by atoms with E-state index in [0.717, 1.165) is 28.0 Å². The fourth-order valence-electron chi connectivity index (χ4n) is 1.73. The maximum atomic E-state index is 5.82. The largest absolute Gasteiger partial charge is 0.489 e. The van der Waals surface area contributed by atoms with Gasteiger partial charge in [0, 0.05) is 34.9 Å². The van der Waals surface area contributed by atoms with Gasteiger partial charge in [0.05, 0.1) is 5.69 Å². The molecule has 0 fully saturated rings. The Morgan fingerprint density at radius 3 is 2.80 bits per heavy atom. The van der Waals surface area contributed by atoms with Gasteiger partial charge in [-0.1, -0.05) is 48.0 Å². The lowest BCUT2D eigenvalue weighted by molar-refractivity contribution is 0.304. The van der Waals surface area contributed by atoms with Crippen molar-refractivity contribution in [3.05, 3.63) is 58.3 Å². The minimum absolute atomic E-state index is 0.446. The number of halogens is 1. The van der Waals surface area contributed by atoms with E-state index in [1.54, 1.807) is 6.20 Å². The molecule has 1 aromatic heterocycles. The van der Waals surface area contributed by atoms with Crippen molar-refractivity contribution in [2.75, 3.05) is 0 Å². The number of ether oxygens (including phenoxy) is 1. The molecule has 0 aliphatic rings. The van der Waals surface area contributed by atoms with Crippen LogP contribution < -0.4 is 10.1 Å². The molecular weight excluding hydrogens is 316 g/mol. The van der Waals surface area contributed by atoms with Crippen LogP contribution >= 0.6 is 15.9 Å². The van der Waals surface area contributed by atoms with Gasteiger partial charge in [0.1, 0.15) is 12.4 Å². The fourth-order valence-corrected chi connectivity index (χ4v) is 2.13. The van der Waals surface area contributed by atoms with Crippen LogP contribution in [0.1, 0.15) is 25.1 Å². The van der Waals surface area contributed by atoms with Gasteiger partial charge < -0.3 is 10.1 Å². The summed E-state index contributed by atoms with van der Waals surface area (Å²) in [5.74, 6) is 0.844. The Kier molecular flexibility index (Phi) is 5.56. The Morgan fingerprint density at radius 2 is 2.05 bits per heavy atom. The van der Waals surface area contributed by atoms with Crippen molar-refractivity contribution >= 4 is 15.9 Å². The van der Waals surface area contributed by atoms with Gasteiger partial charge in [-0.2, -0.15) is 0 Å². The predicted octanol–water partition coefficient (Wildman–Crippen LogP) is 3.92. The van der Waals surface area contributed by atoms with Gasteiger partial charge in [-0.05, 0) is 12.1 Å². The van der Waals surface area contributed by atoms with Crippen LogP contribution in [0, 0.1) is 0 Å². The molecule has 0 bridgehead atoms. The smallest absolute Gasteiger partial charge is 0.123 e. The van der Waals surface area contributed by atoms with Crippen molar-refractivity contribution in [1.29, 1.82) is 0 Å². The summed E-state index contributed by atoms with van der Waals surface area (Å²) in [4.78, 5) is 4.33. The molecule has 4 heteroatoms. The molecule has 0 unspecified atom stereocenters. The van der Waals surface area contributed by atoms with Gasteiger partial charge in [0.15, 0.2) is 0 Å². The minimum atomic E-state index is 0.446. The quantitative estimate of drug-likeness (QED) is 0.869. The lowest BCUT2D eigenvalue weighted by atomic mass is 10.2. The van der Waals surface area contributed by atoms with Crippen molar-refractivity contribution in [1.82, 2.24) is 10.3 Å². The van der Waals surface area contributed by atoms with Crippen LogP contribution in [0.2, 0.25) is 0 Å². The first-order valence-corrected chi connectivity index (χ1v) is 7.49. The lowest BCUT2D eigenvalue weighted by Crippen LogP contribution is -2.22. The Balaban J connectivity index is 1.96. The third-order valence-corrected chi connectivity index (χ3v) is 3.61. The van der Waals surface area contributed by atoms with E-state index in [1.165, 1.54) is 0 Å². The van der Waals surface area contributed by atoms with Crippen molar-refractivity contribution in [2.24, 2.45) is 0 Å². The van der Waals surface area contributed by atoms with Crippen LogP contribution in [0.15, 0.2) is 47.1 Å². The summed E-state index contributed by atoms with van der Waals surface area (Å²) >= 11 is 3.52. The standard InChI is InChI=1S/C16H19BrN2O/c1-12(2)19-10-14-9-15(7-8-18-14)20-11-13-5-3-4-6-16(13)17/h3-9,12,19H,10-11H2,1-2H3. The van der Waals surface area contributed by atoms with Gasteiger partial charge in [-0.3, -0.25) is 4.98 Å². The minimum Gasteiger partial charge on any atom is -0.489 e. The molecule has 0 spiro atoms. The summed E-state index contributed by atoms with van der Waals surface area (Å²) in [5.41, 5.74) is 2.12. The maximum absolute atomic E-state index is 5.82. The first-order chi connectivity index (χ1) is 9.65. The molecule has 2 aromatic rings.